The number of ether oxygens (including phenoxy) is 2. The van der Waals surface area contributed by atoms with Gasteiger partial charge in [-0.3, -0.25) is 0 Å². The van der Waals surface area contributed by atoms with Crippen LogP contribution in [0.1, 0.15) is 21.5 Å². The number of aromatic carboxylic acids is 1. The van der Waals surface area contributed by atoms with Crippen LogP contribution in [-0.2, 0) is 0 Å². The number of aromatic nitrogens is 1. The Morgan fingerprint density at radius 2 is 1.95 bits per heavy atom. The van der Waals surface area contributed by atoms with Crippen molar-refractivity contribution in [2.24, 2.45) is 0 Å². The number of rotatable bonds is 4. The molecule has 0 saturated heterocycles. The third-order valence-electron chi connectivity index (χ3n) is 2.86. The van der Waals surface area contributed by atoms with E-state index in [9.17, 15) is 9.90 Å². The fraction of sp³-hybridized carbons (Fsp3) is 0.200. The molecule has 0 fully saturated rings. The molecule has 0 aliphatic rings. The van der Waals surface area contributed by atoms with Gasteiger partial charge < -0.3 is 14.6 Å². The number of benzene rings is 1. The zero-order chi connectivity index (χ0) is 14.7. The lowest BCUT2D eigenvalue weighted by Crippen LogP contribution is -2.05. The molecule has 0 unspecified atom stereocenters. The van der Waals surface area contributed by atoms with Crippen LogP contribution in [0.3, 0.4) is 0 Å². The number of nitrogens with zero attached hydrogens (tertiary/aromatic N) is 1. The number of aryl methyl sites for hydroxylation is 2. The van der Waals surface area contributed by atoms with E-state index in [1.807, 2.05) is 19.1 Å². The molecule has 0 amide bonds. The first-order valence-corrected chi connectivity index (χ1v) is 6.04. The Morgan fingerprint density at radius 1 is 1.20 bits per heavy atom. The molecule has 1 aromatic heterocycles. The fourth-order valence-corrected chi connectivity index (χ4v) is 1.83. The summed E-state index contributed by atoms with van der Waals surface area (Å²) in [4.78, 5) is 15.3. The summed E-state index contributed by atoms with van der Waals surface area (Å²) in [6, 6.07) is 7.02. The number of pyridine rings is 1. The first kappa shape index (κ1) is 13.9. The molecular weight excluding hydrogens is 258 g/mol. The van der Waals surface area contributed by atoms with Crippen molar-refractivity contribution in [1.82, 2.24) is 4.98 Å². The predicted octanol–water partition coefficient (Wildman–Crippen LogP) is 3.20. The van der Waals surface area contributed by atoms with Gasteiger partial charge in [-0.05, 0) is 43.2 Å². The maximum absolute atomic E-state index is 11.3. The zero-order valence-corrected chi connectivity index (χ0v) is 11.5. The summed E-state index contributed by atoms with van der Waals surface area (Å²) >= 11 is 0. The summed E-state index contributed by atoms with van der Waals surface area (Å²) in [5.41, 5.74) is 1.66. The SMILES string of the molecule is COc1cc(C)ccc1Oc1nccc(C)c1C(=O)O. The van der Waals surface area contributed by atoms with E-state index in [-0.39, 0.29) is 11.4 Å². The molecule has 0 radical (unpaired) electrons. The number of hydrogen-bond donors (Lipinski definition) is 1. The summed E-state index contributed by atoms with van der Waals surface area (Å²) in [5.74, 6) is -0.0559. The van der Waals surface area contributed by atoms with Gasteiger partial charge in [-0.1, -0.05) is 6.07 Å². The van der Waals surface area contributed by atoms with Gasteiger partial charge in [-0.25, -0.2) is 9.78 Å². The number of methoxy groups -OCH3 is 1. The van der Waals surface area contributed by atoms with Gasteiger partial charge in [-0.15, -0.1) is 0 Å². The van der Waals surface area contributed by atoms with Crippen LogP contribution in [0.4, 0.5) is 0 Å². The molecule has 0 aliphatic heterocycles. The molecule has 20 heavy (non-hydrogen) atoms. The van der Waals surface area contributed by atoms with Gasteiger partial charge in [0, 0.05) is 6.20 Å². The van der Waals surface area contributed by atoms with E-state index in [1.54, 1.807) is 19.1 Å². The third-order valence-corrected chi connectivity index (χ3v) is 2.86. The lowest BCUT2D eigenvalue weighted by Gasteiger charge is -2.12. The van der Waals surface area contributed by atoms with Crippen molar-refractivity contribution in [2.45, 2.75) is 13.8 Å². The molecular formula is C15H15NO4. The molecule has 1 aromatic carbocycles. The third kappa shape index (κ3) is 2.71. The number of carboxylic acid groups (broad SMARTS) is 1. The zero-order valence-electron chi connectivity index (χ0n) is 11.5. The average Bonchev–Trinajstić information content (AvgIpc) is 2.40. The molecule has 0 saturated carbocycles. The Morgan fingerprint density at radius 3 is 2.60 bits per heavy atom. The number of carbonyl (C=O) groups is 1. The van der Waals surface area contributed by atoms with Crippen molar-refractivity contribution in [3.63, 3.8) is 0 Å². The fourth-order valence-electron chi connectivity index (χ4n) is 1.83. The van der Waals surface area contributed by atoms with E-state index < -0.39 is 5.97 Å². The van der Waals surface area contributed by atoms with Crippen molar-refractivity contribution in [2.75, 3.05) is 7.11 Å². The minimum absolute atomic E-state index is 0.0510. The largest absolute Gasteiger partial charge is 0.493 e. The molecule has 2 aromatic rings. The van der Waals surface area contributed by atoms with Crippen molar-refractivity contribution in [3.05, 3.63) is 47.2 Å². The van der Waals surface area contributed by atoms with E-state index >= 15 is 0 Å². The smallest absolute Gasteiger partial charge is 0.341 e. The van der Waals surface area contributed by atoms with E-state index in [0.29, 0.717) is 17.1 Å². The second kappa shape index (κ2) is 5.61. The minimum Gasteiger partial charge on any atom is -0.493 e. The summed E-state index contributed by atoms with van der Waals surface area (Å²) in [7, 11) is 1.53. The first-order valence-electron chi connectivity index (χ1n) is 6.04. The monoisotopic (exact) mass is 273 g/mol. The molecule has 1 N–H and O–H groups in total. The van der Waals surface area contributed by atoms with Crippen LogP contribution in [-0.4, -0.2) is 23.2 Å². The summed E-state index contributed by atoms with van der Waals surface area (Å²) < 4.78 is 10.8. The van der Waals surface area contributed by atoms with Gasteiger partial charge in [0.15, 0.2) is 11.5 Å². The molecule has 104 valence electrons. The molecule has 2 rings (SSSR count). The van der Waals surface area contributed by atoms with Crippen molar-refractivity contribution in [3.8, 4) is 17.4 Å². The first-order chi connectivity index (χ1) is 9.52. The quantitative estimate of drug-likeness (QED) is 0.926. The van der Waals surface area contributed by atoms with E-state index in [1.165, 1.54) is 13.3 Å². The van der Waals surface area contributed by atoms with Crippen molar-refractivity contribution >= 4 is 5.97 Å². The van der Waals surface area contributed by atoms with Crippen LogP contribution < -0.4 is 9.47 Å². The standard InChI is InChI=1S/C15H15NO4/c1-9-4-5-11(12(8-9)19-3)20-14-13(15(17)18)10(2)6-7-16-14/h4-8H,1-3H3,(H,17,18). The van der Waals surface area contributed by atoms with Gasteiger partial charge in [-0.2, -0.15) is 0 Å². The van der Waals surface area contributed by atoms with E-state index in [4.69, 9.17) is 9.47 Å². The second-order valence-electron chi connectivity index (χ2n) is 4.37. The lowest BCUT2D eigenvalue weighted by atomic mass is 10.1. The van der Waals surface area contributed by atoms with Gasteiger partial charge in [0.1, 0.15) is 5.56 Å². The maximum atomic E-state index is 11.3. The van der Waals surface area contributed by atoms with Gasteiger partial charge in [0.05, 0.1) is 7.11 Å². The number of carboxylic acids is 1. The Hall–Kier alpha value is -2.56. The van der Waals surface area contributed by atoms with Crippen LogP contribution >= 0.6 is 0 Å². The highest BCUT2D eigenvalue weighted by atomic mass is 16.5. The predicted molar refractivity (Wildman–Crippen MR) is 73.7 cm³/mol. The van der Waals surface area contributed by atoms with E-state index in [2.05, 4.69) is 4.98 Å². The average molecular weight is 273 g/mol. The highest BCUT2D eigenvalue weighted by molar-refractivity contribution is 5.91. The molecule has 0 spiro atoms. The lowest BCUT2D eigenvalue weighted by molar-refractivity contribution is 0.0692. The summed E-state index contributed by atoms with van der Waals surface area (Å²) in [6.45, 7) is 3.63. The Balaban J connectivity index is 2.45. The van der Waals surface area contributed by atoms with Crippen molar-refractivity contribution < 1.29 is 19.4 Å². The van der Waals surface area contributed by atoms with Crippen LogP contribution in [0.5, 0.6) is 17.4 Å². The normalized spacial score (nSPS) is 10.2. The van der Waals surface area contributed by atoms with E-state index in [0.717, 1.165) is 5.56 Å². The summed E-state index contributed by atoms with van der Waals surface area (Å²) in [5, 5.41) is 9.24. The van der Waals surface area contributed by atoms with Crippen LogP contribution in [0.2, 0.25) is 0 Å². The maximum Gasteiger partial charge on any atom is 0.341 e. The molecule has 0 bridgehead atoms. The van der Waals surface area contributed by atoms with Gasteiger partial charge >= 0.3 is 5.97 Å². The molecule has 5 heteroatoms. The van der Waals surface area contributed by atoms with Gasteiger partial charge in [0.25, 0.3) is 0 Å². The number of hydrogen-bond acceptors (Lipinski definition) is 4. The highest BCUT2D eigenvalue weighted by Gasteiger charge is 2.17. The van der Waals surface area contributed by atoms with Crippen molar-refractivity contribution in [1.29, 1.82) is 0 Å². The minimum atomic E-state index is -1.07. The summed E-state index contributed by atoms with van der Waals surface area (Å²) in [6.07, 6.45) is 1.51. The molecule has 0 atom stereocenters. The Kier molecular flexibility index (Phi) is 3.89. The molecule has 5 nitrogen and oxygen atoms in total. The Labute approximate surface area is 116 Å². The van der Waals surface area contributed by atoms with Crippen LogP contribution in [0.15, 0.2) is 30.5 Å². The molecule has 0 aliphatic carbocycles. The molecule has 1 heterocycles. The van der Waals surface area contributed by atoms with Crippen LogP contribution in [0, 0.1) is 13.8 Å². The van der Waals surface area contributed by atoms with Gasteiger partial charge in [0.2, 0.25) is 5.88 Å². The second-order valence-corrected chi connectivity index (χ2v) is 4.37. The highest BCUT2D eigenvalue weighted by Crippen LogP contribution is 2.33. The van der Waals surface area contributed by atoms with Crippen LogP contribution in [0.25, 0.3) is 0 Å². The Bertz CT molecular complexity index is 652. The topological polar surface area (TPSA) is 68.7 Å².